The van der Waals surface area contributed by atoms with Crippen molar-refractivity contribution >= 4 is 24.5 Å². The van der Waals surface area contributed by atoms with Gasteiger partial charge in [-0.15, -0.1) is 0 Å². The number of likely N-dealkylation sites (tertiary alicyclic amines) is 1. The number of benzene rings is 1. The van der Waals surface area contributed by atoms with Gasteiger partial charge in [0, 0.05) is 45.6 Å². The molecule has 1 aliphatic heterocycles. The van der Waals surface area contributed by atoms with Crippen LogP contribution >= 0.6 is 0 Å². The molecule has 0 spiro atoms. The van der Waals surface area contributed by atoms with Gasteiger partial charge in [0.1, 0.15) is 11.4 Å². The maximum absolute atomic E-state index is 13.6. The molecule has 0 atom stereocenters. The van der Waals surface area contributed by atoms with Gasteiger partial charge >= 0.3 is 0 Å². The lowest BCUT2D eigenvalue weighted by atomic mass is 9.85. The molecule has 0 saturated carbocycles. The second-order valence-electron chi connectivity index (χ2n) is 7.67. The van der Waals surface area contributed by atoms with E-state index in [9.17, 15) is 9.18 Å². The molecule has 1 amide bonds. The van der Waals surface area contributed by atoms with Gasteiger partial charge in [0.2, 0.25) is 5.91 Å². The van der Waals surface area contributed by atoms with Gasteiger partial charge in [-0.1, -0.05) is 12.1 Å². The highest BCUT2D eigenvalue weighted by atomic mass is 19.1. The molecule has 1 aromatic carbocycles. The summed E-state index contributed by atoms with van der Waals surface area (Å²) in [6, 6.07) is 10.3. The highest BCUT2D eigenvalue weighted by Gasteiger charge is 2.42. The van der Waals surface area contributed by atoms with Crippen LogP contribution in [-0.4, -0.2) is 76.6 Å². The van der Waals surface area contributed by atoms with Crippen LogP contribution in [0.2, 0.25) is 0 Å². The molecule has 2 heterocycles. The average molecular weight is 463 g/mol. The van der Waals surface area contributed by atoms with Crippen molar-refractivity contribution in [1.29, 1.82) is 0 Å². The van der Waals surface area contributed by atoms with Gasteiger partial charge in [0.05, 0.1) is 5.69 Å². The Morgan fingerprint density at radius 1 is 1.18 bits per heavy atom. The topological polar surface area (TPSA) is 123 Å². The molecule has 9 nitrogen and oxygen atoms in total. The number of likely N-dealkylation sites (N-methyl/N-ethyl adjacent to an activating group) is 1. The Hall–Kier alpha value is -3.53. The van der Waals surface area contributed by atoms with Gasteiger partial charge < -0.3 is 20.4 Å². The van der Waals surface area contributed by atoms with Crippen molar-refractivity contribution in [3.63, 3.8) is 0 Å². The Morgan fingerprint density at radius 2 is 1.79 bits per heavy atom. The van der Waals surface area contributed by atoms with Crippen LogP contribution < -0.4 is 5.32 Å². The van der Waals surface area contributed by atoms with E-state index in [-0.39, 0.29) is 24.7 Å². The summed E-state index contributed by atoms with van der Waals surface area (Å²) in [6.07, 6.45) is 3.14. The minimum Gasteiger partial charge on any atom is -0.483 e. The fourth-order valence-electron chi connectivity index (χ4n) is 3.65. The zero-order chi connectivity index (χ0) is 24.9. The highest BCUT2D eigenvalue weighted by molar-refractivity contribution is 5.89. The van der Waals surface area contributed by atoms with Gasteiger partial charge in [0.15, 0.2) is 0 Å². The summed E-state index contributed by atoms with van der Waals surface area (Å²) in [5, 5.41) is 17.1. The first kappa shape index (κ1) is 27.5. The summed E-state index contributed by atoms with van der Waals surface area (Å²) < 4.78 is 13.6. The maximum atomic E-state index is 13.6. The normalized spacial score (nSPS) is 14.4. The van der Waals surface area contributed by atoms with Crippen molar-refractivity contribution in [2.24, 2.45) is 0 Å². The second kappa shape index (κ2) is 13.8. The number of piperidine rings is 1. The number of nitrogens with one attached hydrogen (secondary N) is 1. The van der Waals surface area contributed by atoms with Crippen LogP contribution in [0.3, 0.4) is 0 Å². The van der Waals surface area contributed by atoms with E-state index in [4.69, 9.17) is 19.8 Å². The minimum atomic E-state index is -0.715. The lowest BCUT2D eigenvalue weighted by Gasteiger charge is -2.43. The minimum absolute atomic E-state index is 0.0282. The number of anilines is 1. The molecule has 1 aromatic heterocycles. The molecule has 33 heavy (non-hydrogen) atoms. The maximum Gasteiger partial charge on any atom is 0.290 e. The molecule has 1 fully saturated rings. The second-order valence-corrected chi connectivity index (χ2v) is 7.67. The molecule has 0 bridgehead atoms. The van der Waals surface area contributed by atoms with Crippen LogP contribution in [0.25, 0.3) is 0 Å². The zero-order valence-corrected chi connectivity index (χ0v) is 19.1. The smallest absolute Gasteiger partial charge is 0.290 e. The predicted octanol–water partition coefficient (Wildman–Crippen LogP) is 2.47. The third kappa shape index (κ3) is 8.49. The fourth-order valence-corrected chi connectivity index (χ4v) is 3.65. The van der Waals surface area contributed by atoms with Crippen LogP contribution in [0, 0.1) is 12.7 Å². The number of nitrogens with zero attached hydrogens (tertiary/aromatic N) is 3. The van der Waals surface area contributed by atoms with E-state index < -0.39 is 5.54 Å². The summed E-state index contributed by atoms with van der Waals surface area (Å²) >= 11 is 0. The predicted molar refractivity (Wildman–Crippen MR) is 122 cm³/mol. The van der Waals surface area contributed by atoms with Gasteiger partial charge in [-0.05, 0) is 49.6 Å². The number of aromatic nitrogens is 1. The zero-order valence-electron chi connectivity index (χ0n) is 19.1. The average Bonchev–Trinajstić information content (AvgIpc) is 2.77. The molecule has 0 aliphatic carbocycles. The van der Waals surface area contributed by atoms with Crippen molar-refractivity contribution in [2.75, 3.05) is 32.5 Å². The number of halogens is 1. The van der Waals surface area contributed by atoms with E-state index >= 15 is 0 Å². The molecule has 10 heteroatoms. The van der Waals surface area contributed by atoms with Crippen LogP contribution in [-0.2, 0) is 20.9 Å². The number of carboxylic acid groups (broad SMARTS) is 2. The third-order valence-electron chi connectivity index (χ3n) is 5.22. The summed E-state index contributed by atoms with van der Waals surface area (Å²) in [5.74, 6) is -0.282. The third-order valence-corrected chi connectivity index (χ3v) is 5.22. The Morgan fingerprint density at radius 3 is 2.30 bits per heavy atom. The Balaban J connectivity index is 0.000000819. The molecule has 3 rings (SSSR count). The van der Waals surface area contributed by atoms with E-state index in [0.29, 0.717) is 18.5 Å². The molecule has 1 aliphatic rings. The van der Waals surface area contributed by atoms with E-state index in [1.54, 1.807) is 31.1 Å². The standard InChI is InChI=1S/C21H27FN4O.2CH2O2/c1-16-6-5-11-23-19(16)15-26-12-9-21(10-13-26,20(27)25(2)3)24-18-8-4-7-17(22)14-18;2*2-1-3/h4-8,11,14,24H,9-10,12-13,15H2,1-3H3;2*1H,(H,2,3). The van der Waals surface area contributed by atoms with Gasteiger partial charge in [-0.25, -0.2) is 4.39 Å². The van der Waals surface area contributed by atoms with E-state index in [1.165, 1.54) is 17.7 Å². The summed E-state index contributed by atoms with van der Waals surface area (Å²) in [6.45, 7) is 3.90. The van der Waals surface area contributed by atoms with Gasteiger partial charge in [-0.2, -0.15) is 0 Å². The van der Waals surface area contributed by atoms with E-state index in [0.717, 1.165) is 25.3 Å². The summed E-state index contributed by atoms with van der Waals surface area (Å²) in [5.41, 5.74) is 2.17. The lowest BCUT2D eigenvalue weighted by Crippen LogP contribution is -2.57. The fraction of sp³-hybridized carbons (Fsp3) is 0.391. The monoisotopic (exact) mass is 462 g/mol. The molecule has 2 aromatic rings. The molecule has 180 valence electrons. The number of rotatable bonds is 5. The molecular weight excluding hydrogens is 431 g/mol. The highest BCUT2D eigenvalue weighted by Crippen LogP contribution is 2.30. The summed E-state index contributed by atoms with van der Waals surface area (Å²) in [7, 11) is 3.53. The molecule has 3 N–H and O–H groups in total. The van der Waals surface area contributed by atoms with Crippen molar-refractivity contribution in [3.8, 4) is 0 Å². The lowest BCUT2D eigenvalue weighted by molar-refractivity contribution is -0.135. The van der Waals surface area contributed by atoms with Gasteiger partial charge in [-0.3, -0.25) is 24.3 Å². The SMILES string of the molecule is Cc1cccnc1CN1CCC(Nc2cccc(F)c2)(C(=O)N(C)C)CC1.O=CO.O=CO. The van der Waals surface area contributed by atoms with Crippen LogP contribution in [0.4, 0.5) is 10.1 Å². The first-order valence-electron chi connectivity index (χ1n) is 10.3. The first-order valence-corrected chi connectivity index (χ1v) is 10.3. The van der Waals surface area contributed by atoms with Crippen molar-refractivity contribution in [3.05, 3.63) is 59.7 Å². The molecule has 0 radical (unpaired) electrons. The Bertz CT molecular complexity index is 896. The number of aryl methyl sites for hydroxylation is 1. The van der Waals surface area contributed by atoms with E-state index in [2.05, 4.69) is 28.2 Å². The Labute approximate surface area is 192 Å². The van der Waals surface area contributed by atoms with Crippen molar-refractivity contribution in [2.45, 2.75) is 31.8 Å². The quantitative estimate of drug-likeness (QED) is 0.579. The number of carbonyl (C=O) groups excluding carboxylic acids is 1. The first-order chi connectivity index (χ1) is 15.7. The number of pyridine rings is 1. The largest absolute Gasteiger partial charge is 0.483 e. The van der Waals surface area contributed by atoms with Crippen molar-refractivity contribution in [1.82, 2.24) is 14.8 Å². The van der Waals surface area contributed by atoms with Crippen LogP contribution in [0.15, 0.2) is 42.6 Å². The van der Waals surface area contributed by atoms with E-state index in [1.807, 2.05) is 12.3 Å². The summed E-state index contributed by atoms with van der Waals surface area (Å²) in [4.78, 5) is 38.1. The number of hydrogen-bond donors (Lipinski definition) is 3. The number of amides is 1. The molecule has 1 saturated heterocycles. The van der Waals surface area contributed by atoms with Crippen LogP contribution in [0.5, 0.6) is 0 Å². The number of carbonyl (C=O) groups is 3. The van der Waals surface area contributed by atoms with Crippen LogP contribution in [0.1, 0.15) is 24.1 Å². The van der Waals surface area contributed by atoms with Crippen molar-refractivity contribution < 1.29 is 29.0 Å². The van der Waals surface area contributed by atoms with Gasteiger partial charge in [0.25, 0.3) is 12.9 Å². The molecule has 0 unspecified atom stereocenters. The Kier molecular flexibility index (Phi) is 11.5. The number of hydrogen-bond acceptors (Lipinski definition) is 6. The molecular formula is C23H31FN4O5.